The Kier molecular flexibility index (Phi) is 7.37. The highest BCUT2D eigenvalue weighted by molar-refractivity contribution is 6.29. The van der Waals surface area contributed by atoms with Gasteiger partial charge in [0.15, 0.2) is 17.6 Å². The highest BCUT2D eigenvalue weighted by Crippen LogP contribution is 2.47. The van der Waals surface area contributed by atoms with Gasteiger partial charge in [0.25, 0.3) is 5.91 Å². The van der Waals surface area contributed by atoms with Crippen molar-refractivity contribution in [1.82, 2.24) is 14.9 Å². The van der Waals surface area contributed by atoms with Crippen LogP contribution in [0, 0.1) is 5.41 Å². The molecule has 1 amide bonds. The van der Waals surface area contributed by atoms with Gasteiger partial charge in [0.1, 0.15) is 23.4 Å². The number of halogens is 1. The van der Waals surface area contributed by atoms with Gasteiger partial charge >= 0.3 is 0 Å². The Morgan fingerprint density at radius 2 is 1.97 bits per heavy atom. The largest absolute Gasteiger partial charge is 0.493 e. The third kappa shape index (κ3) is 5.02. The van der Waals surface area contributed by atoms with Gasteiger partial charge in [-0.25, -0.2) is 9.97 Å². The number of hydrogen-bond donors (Lipinski definition) is 3. The first kappa shape index (κ1) is 25.4. The Labute approximate surface area is 209 Å². The number of nitrogens with zero attached hydrogens (tertiary/aromatic N) is 4. The zero-order valence-corrected chi connectivity index (χ0v) is 20.7. The fourth-order valence-corrected chi connectivity index (χ4v) is 4.90. The zero-order chi connectivity index (χ0) is 25.3. The Morgan fingerprint density at radius 1 is 1.23 bits per heavy atom. The van der Waals surface area contributed by atoms with Crippen LogP contribution in [-0.4, -0.2) is 94.3 Å². The average molecular weight is 507 g/mol. The number of benzene rings is 1. The maximum absolute atomic E-state index is 12.6. The Morgan fingerprint density at radius 3 is 2.60 bits per heavy atom. The van der Waals surface area contributed by atoms with Crippen LogP contribution in [0.4, 0.5) is 5.82 Å². The molecule has 0 aliphatic carbocycles. The first-order chi connectivity index (χ1) is 16.7. The maximum Gasteiger partial charge on any atom is 0.253 e. The van der Waals surface area contributed by atoms with E-state index in [2.05, 4.69) is 9.97 Å². The van der Waals surface area contributed by atoms with E-state index in [0.717, 1.165) is 11.4 Å². The Balaban J connectivity index is 1.53. The van der Waals surface area contributed by atoms with Crippen LogP contribution in [0.2, 0.25) is 5.15 Å². The van der Waals surface area contributed by atoms with Crippen molar-refractivity contribution in [3.8, 4) is 11.5 Å². The van der Waals surface area contributed by atoms with Gasteiger partial charge in [-0.3, -0.25) is 4.79 Å². The van der Waals surface area contributed by atoms with E-state index in [1.54, 1.807) is 20.1 Å². The minimum absolute atomic E-state index is 0.0857. The number of methoxy groups -OCH3 is 1. The van der Waals surface area contributed by atoms with E-state index in [9.17, 15) is 20.1 Å². The van der Waals surface area contributed by atoms with E-state index in [0.29, 0.717) is 36.3 Å². The number of aliphatic hydroxyl groups is 3. The van der Waals surface area contributed by atoms with Gasteiger partial charge in [0.05, 0.1) is 32.9 Å². The Bertz CT molecular complexity index is 1070. The average Bonchev–Trinajstić information content (AvgIpc) is 3.18. The molecule has 190 valence electrons. The fourth-order valence-electron chi connectivity index (χ4n) is 4.76. The molecule has 2 saturated heterocycles. The second kappa shape index (κ2) is 10.1. The fraction of sp³-hybridized carbons (Fsp3) is 0.542. The highest BCUT2D eigenvalue weighted by atomic mass is 35.5. The lowest BCUT2D eigenvalue weighted by Gasteiger charge is -2.40. The van der Waals surface area contributed by atoms with Crippen molar-refractivity contribution in [1.29, 1.82) is 0 Å². The smallest absolute Gasteiger partial charge is 0.253 e. The number of aliphatic hydroxyl groups excluding tert-OH is 3. The molecule has 11 heteroatoms. The van der Waals surface area contributed by atoms with E-state index in [-0.39, 0.29) is 18.6 Å². The van der Waals surface area contributed by atoms with Crippen molar-refractivity contribution < 1.29 is 29.6 Å². The first-order valence-corrected chi connectivity index (χ1v) is 11.9. The van der Waals surface area contributed by atoms with Crippen LogP contribution in [0.15, 0.2) is 30.6 Å². The molecule has 10 nitrogen and oxygen atoms in total. The summed E-state index contributed by atoms with van der Waals surface area (Å²) in [5.74, 6) is 1.12. The number of carbonyl (C=O) groups excluding carboxylic acids is 1. The number of ether oxygens (including phenoxy) is 2. The van der Waals surface area contributed by atoms with E-state index >= 15 is 0 Å². The molecule has 0 spiro atoms. The molecule has 2 aromatic rings. The van der Waals surface area contributed by atoms with Crippen LogP contribution in [0.5, 0.6) is 11.5 Å². The van der Waals surface area contributed by atoms with Crippen LogP contribution in [0.3, 0.4) is 0 Å². The molecular weight excluding hydrogens is 476 g/mol. The van der Waals surface area contributed by atoms with Gasteiger partial charge in [-0.2, -0.15) is 0 Å². The lowest BCUT2D eigenvalue weighted by molar-refractivity contribution is -0.141. The molecule has 1 aromatic carbocycles. The van der Waals surface area contributed by atoms with Gasteiger partial charge in [0, 0.05) is 30.5 Å². The number of hydrogen-bond acceptors (Lipinski definition) is 9. The van der Waals surface area contributed by atoms with Crippen molar-refractivity contribution in [3.63, 3.8) is 0 Å². The number of rotatable bonds is 8. The van der Waals surface area contributed by atoms with Crippen molar-refractivity contribution in [2.45, 2.75) is 38.1 Å². The molecule has 2 unspecified atom stereocenters. The molecule has 0 saturated carbocycles. The lowest BCUT2D eigenvalue weighted by atomic mass is 9.72. The second-order valence-corrected chi connectivity index (χ2v) is 9.79. The minimum atomic E-state index is -1.48. The minimum Gasteiger partial charge on any atom is -0.493 e. The van der Waals surface area contributed by atoms with E-state index in [1.807, 2.05) is 30.0 Å². The molecule has 3 N–H and O–H groups in total. The summed E-state index contributed by atoms with van der Waals surface area (Å²) < 4.78 is 11.8. The molecule has 0 radical (unpaired) electrons. The SMILES string of the molecule is COc1ccc([C@@H]2CN(C(=O)C(O)CO)C[C@@]2(C)C(C)O)cc1OC1CN(c2cc(Cl)ncn2)C1. The molecule has 4 atom stereocenters. The molecule has 0 bridgehead atoms. The van der Waals surface area contributed by atoms with E-state index in [1.165, 1.54) is 11.2 Å². The van der Waals surface area contributed by atoms with Crippen LogP contribution >= 0.6 is 11.6 Å². The van der Waals surface area contributed by atoms with Gasteiger partial charge in [0.2, 0.25) is 0 Å². The maximum atomic E-state index is 12.6. The molecule has 3 heterocycles. The molecule has 1 aromatic heterocycles. The van der Waals surface area contributed by atoms with Crippen LogP contribution in [0.25, 0.3) is 0 Å². The number of carbonyl (C=O) groups is 1. The van der Waals surface area contributed by atoms with E-state index in [4.69, 9.17) is 21.1 Å². The topological polar surface area (TPSA) is 128 Å². The summed E-state index contributed by atoms with van der Waals surface area (Å²) in [4.78, 5) is 24.2. The van der Waals surface area contributed by atoms with Gasteiger partial charge in [-0.15, -0.1) is 0 Å². The number of likely N-dealkylation sites (tertiary alicyclic amines) is 1. The van der Waals surface area contributed by atoms with Crippen molar-refractivity contribution in [2.24, 2.45) is 5.41 Å². The molecule has 35 heavy (non-hydrogen) atoms. The Hall–Kier alpha value is -2.66. The zero-order valence-electron chi connectivity index (χ0n) is 20.0. The van der Waals surface area contributed by atoms with Crippen LogP contribution in [-0.2, 0) is 4.79 Å². The normalized spacial score (nSPS) is 24.1. The van der Waals surface area contributed by atoms with Crippen molar-refractivity contribution in [3.05, 3.63) is 41.3 Å². The summed E-state index contributed by atoms with van der Waals surface area (Å²) in [5.41, 5.74) is 0.229. The third-order valence-corrected chi connectivity index (χ3v) is 7.34. The summed E-state index contributed by atoms with van der Waals surface area (Å²) in [5, 5.41) is 30.1. The summed E-state index contributed by atoms with van der Waals surface area (Å²) >= 11 is 5.96. The summed E-state index contributed by atoms with van der Waals surface area (Å²) in [6.45, 7) is 4.77. The molecule has 2 aliphatic rings. The van der Waals surface area contributed by atoms with Crippen LogP contribution < -0.4 is 14.4 Å². The molecular formula is C24H31ClN4O6. The number of anilines is 1. The molecule has 2 fully saturated rings. The second-order valence-electron chi connectivity index (χ2n) is 9.41. The molecule has 2 aliphatic heterocycles. The van der Waals surface area contributed by atoms with Gasteiger partial charge < -0.3 is 34.6 Å². The number of amides is 1. The predicted octanol–water partition coefficient (Wildman–Crippen LogP) is 1.07. The van der Waals surface area contributed by atoms with Crippen molar-refractivity contribution in [2.75, 3.05) is 44.8 Å². The van der Waals surface area contributed by atoms with Gasteiger partial charge in [-0.05, 0) is 24.6 Å². The number of aromatic nitrogens is 2. The summed E-state index contributed by atoms with van der Waals surface area (Å²) in [7, 11) is 1.57. The quantitative estimate of drug-likeness (QED) is 0.450. The third-order valence-electron chi connectivity index (χ3n) is 7.13. The summed E-state index contributed by atoms with van der Waals surface area (Å²) in [6, 6.07) is 7.33. The van der Waals surface area contributed by atoms with Crippen molar-refractivity contribution >= 4 is 23.3 Å². The van der Waals surface area contributed by atoms with Gasteiger partial charge in [-0.1, -0.05) is 24.6 Å². The van der Waals surface area contributed by atoms with Crippen LogP contribution in [0.1, 0.15) is 25.3 Å². The van der Waals surface area contributed by atoms with E-state index < -0.39 is 30.1 Å². The highest BCUT2D eigenvalue weighted by Gasteiger charge is 2.49. The standard InChI is InChI=1S/C24H31ClN4O6/c1-14(31)24(2)12-29(23(33)18(32)11-30)10-17(24)15-4-5-19(34-3)20(6-15)35-16-8-28(9-16)22-7-21(25)26-13-27-22/h4-7,13-14,16-18,30-32H,8-12H2,1-3H3/t14?,17-,18?,24-/m0/s1. The summed E-state index contributed by atoms with van der Waals surface area (Å²) in [6.07, 6.45) is -0.861. The monoisotopic (exact) mass is 506 g/mol. The predicted molar refractivity (Wildman–Crippen MR) is 129 cm³/mol. The molecule has 4 rings (SSSR count). The lowest BCUT2D eigenvalue weighted by Crippen LogP contribution is -2.54. The first-order valence-electron chi connectivity index (χ1n) is 11.5.